The topological polar surface area (TPSA) is 67.9 Å². The number of ether oxygens (including phenoxy) is 1. The molecular weight excluding hydrogens is 397 g/mol. The van der Waals surface area contributed by atoms with Gasteiger partial charge >= 0.3 is 5.97 Å². The standard InChI is InChI=1S/C18H16Cl3N3O2/c1-12-13(7-8-17(25)26-10-3-2-9-22)18(21)24(23-12)11-14-15(19)5-4-6-16(14)20/h4-8H,2-3,10-11H2,1H3/b8-7+. The Balaban J connectivity index is 2.11. The molecule has 0 spiro atoms. The van der Waals surface area contributed by atoms with E-state index in [1.807, 2.05) is 6.07 Å². The lowest BCUT2D eigenvalue weighted by Gasteiger charge is -2.08. The fourth-order valence-electron chi connectivity index (χ4n) is 2.22. The lowest BCUT2D eigenvalue weighted by Crippen LogP contribution is -2.03. The first kappa shape index (κ1) is 20.3. The van der Waals surface area contributed by atoms with Gasteiger partial charge in [0.15, 0.2) is 0 Å². The first-order valence-electron chi connectivity index (χ1n) is 7.81. The molecule has 1 aromatic carbocycles. The maximum atomic E-state index is 11.7. The number of unbranched alkanes of at least 4 members (excludes halogenated alkanes) is 1. The van der Waals surface area contributed by atoms with Gasteiger partial charge in [0, 0.05) is 33.7 Å². The summed E-state index contributed by atoms with van der Waals surface area (Å²) in [5.41, 5.74) is 1.99. The van der Waals surface area contributed by atoms with Crippen molar-refractivity contribution >= 4 is 46.8 Å². The summed E-state index contributed by atoms with van der Waals surface area (Å²) in [7, 11) is 0. The number of aromatic nitrogens is 2. The number of hydrogen-bond donors (Lipinski definition) is 0. The van der Waals surface area contributed by atoms with Crippen molar-refractivity contribution in [1.29, 1.82) is 5.26 Å². The molecule has 0 N–H and O–H groups in total. The van der Waals surface area contributed by atoms with Crippen LogP contribution in [0.15, 0.2) is 24.3 Å². The number of nitriles is 1. The number of nitrogens with zero attached hydrogens (tertiary/aromatic N) is 3. The summed E-state index contributed by atoms with van der Waals surface area (Å²) in [6, 6.07) is 7.24. The van der Waals surface area contributed by atoms with Gasteiger partial charge in [-0.05, 0) is 31.6 Å². The second-order valence-corrected chi connectivity index (χ2v) is 6.58. The highest BCUT2D eigenvalue weighted by Crippen LogP contribution is 2.28. The molecule has 2 aromatic rings. The Morgan fingerprint density at radius 3 is 2.69 bits per heavy atom. The highest BCUT2D eigenvalue weighted by atomic mass is 35.5. The lowest BCUT2D eigenvalue weighted by molar-refractivity contribution is -0.137. The number of carbonyl (C=O) groups is 1. The van der Waals surface area contributed by atoms with E-state index >= 15 is 0 Å². The third kappa shape index (κ3) is 5.25. The molecule has 1 heterocycles. The van der Waals surface area contributed by atoms with E-state index in [1.165, 1.54) is 6.08 Å². The summed E-state index contributed by atoms with van der Waals surface area (Å²) >= 11 is 18.8. The number of esters is 1. The van der Waals surface area contributed by atoms with Crippen molar-refractivity contribution in [2.45, 2.75) is 26.3 Å². The third-order valence-electron chi connectivity index (χ3n) is 3.54. The molecule has 136 valence electrons. The van der Waals surface area contributed by atoms with Crippen LogP contribution >= 0.6 is 34.8 Å². The SMILES string of the molecule is Cc1nn(Cc2c(Cl)cccc2Cl)c(Cl)c1/C=C/C(=O)OCCCC#N. The fourth-order valence-corrected chi connectivity index (χ4v) is 3.03. The Hall–Kier alpha value is -2.00. The van der Waals surface area contributed by atoms with Gasteiger partial charge in [0.05, 0.1) is 24.9 Å². The van der Waals surface area contributed by atoms with Crippen LogP contribution in [0.3, 0.4) is 0 Å². The monoisotopic (exact) mass is 411 g/mol. The minimum atomic E-state index is -0.500. The summed E-state index contributed by atoms with van der Waals surface area (Å²) in [5.74, 6) is -0.500. The predicted molar refractivity (Wildman–Crippen MR) is 102 cm³/mol. The number of benzene rings is 1. The zero-order valence-corrected chi connectivity index (χ0v) is 16.3. The van der Waals surface area contributed by atoms with Gasteiger partial charge in [-0.15, -0.1) is 0 Å². The first-order valence-corrected chi connectivity index (χ1v) is 8.95. The molecule has 0 radical (unpaired) electrons. The minimum absolute atomic E-state index is 0.202. The summed E-state index contributed by atoms with van der Waals surface area (Å²) in [5, 5.41) is 14.2. The van der Waals surface area contributed by atoms with E-state index in [1.54, 1.807) is 35.9 Å². The predicted octanol–water partition coefficient (Wildman–Crippen LogP) is 5.06. The van der Waals surface area contributed by atoms with Gasteiger partial charge < -0.3 is 4.74 Å². The van der Waals surface area contributed by atoms with Crippen molar-refractivity contribution in [1.82, 2.24) is 9.78 Å². The first-order chi connectivity index (χ1) is 12.4. The minimum Gasteiger partial charge on any atom is -0.462 e. The quantitative estimate of drug-likeness (QED) is 0.362. The van der Waals surface area contributed by atoms with Crippen LogP contribution in [-0.4, -0.2) is 22.4 Å². The van der Waals surface area contributed by atoms with E-state index in [4.69, 9.17) is 44.8 Å². The van der Waals surface area contributed by atoms with Crippen LogP contribution in [0.4, 0.5) is 0 Å². The average molecular weight is 413 g/mol. The van der Waals surface area contributed by atoms with Crippen LogP contribution < -0.4 is 0 Å². The zero-order valence-electron chi connectivity index (χ0n) is 14.0. The molecule has 26 heavy (non-hydrogen) atoms. The van der Waals surface area contributed by atoms with Crippen LogP contribution in [0.5, 0.6) is 0 Å². The molecular formula is C18H16Cl3N3O2. The van der Waals surface area contributed by atoms with E-state index < -0.39 is 5.97 Å². The van der Waals surface area contributed by atoms with Gasteiger partial charge in [0.2, 0.25) is 0 Å². The Labute approximate surface area is 166 Å². The second-order valence-electron chi connectivity index (χ2n) is 5.41. The van der Waals surface area contributed by atoms with Crippen molar-refractivity contribution in [3.63, 3.8) is 0 Å². The molecule has 0 saturated carbocycles. The van der Waals surface area contributed by atoms with E-state index in [2.05, 4.69) is 5.10 Å². The zero-order chi connectivity index (χ0) is 19.1. The third-order valence-corrected chi connectivity index (χ3v) is 4.65. The Morgan fingerprint density at radius 1 is 1.35 bits per heavy atom. The number of rotatable bonds is 7. The smallest absolute Gasteiger partial charge is 0.330 e. The van der Waals surface area contributed by atoms with Crippen LogP contribution in [-0.2, 0) is 16.1 Å². The van der Waals surface area contributed by atoms with Gasteiger partial charge in [-0.3, -0.25) is 0 Å². The van der Waals surface area contributed by atoms with Crippen molar-refractivity contribution in [2.24, 2.45) is 0 Å². The number of aryl methyl sites for hydroxylation is 1. The van der Waals surface area contributed by atoms with Gasteiger partial charge in [-0.2, -0.15) is 10.4 Å². The molecule has 2 rings (SSSR count). The van der Waals surface area contributed by atoms with Crippen molar-refractivity contribution in [3.8, 4) is 6.07 Å². The Kier molecular flexibility index (Phi) is 7.52. The van der Waals surface area contributed by atoms with Gasteiger partial charge in [-0.25, -0.2) is 9.48 Å². The molecule has 8 heteroatoms. The van der Waals surface area contributed by atoms with E-state index in [9.17, 15) is 4.79 Å². The molecule has 0 aliphatic rings. The van der Waals surface area contributed by atoms with Gasteiger partial charge in [0.25, 0.3) is 0 Å². The fraction of sp³-hybridized carbons (Fsp3) is 0.278. The lowest BCUT2D eigenvalue weighted by atomic mass is 10.2. The van der Waals surface area contributed by atoms with Crippen molar-refractivity contribution in [3.05, 3.63) is 56.3 Å². The van der Waals surface area contributed by atoms with Gasteiger partial charge in [0.1, 0.15) is 5.15 Å². The highest BCUT2D eigenvalue weighted by Gasteiger charge is 2.14. The van der Waals surface area contributed by atoms with Crippen molar-refractivity contribution < 1.29 is 9.53 Å². The Bertz CT molecular complexity index is 849. The summed E-state index contributed by atoms with van der Waals surface area (Å²) < 4.78 is 6.57. The van der Waals surface area contributed by atoms with E-state index in [-0.39, 0.29) is 6.61 Å². The molecule has 1 aromatic heterocycles. The molecule has 0 saturated heterocycles. The summed E-state index contributed by atoms with van der Waals surface area (Å²) in [6.45, 7) is 2.30. The average Bonchev–Trinajstić information content (AvgIpc) is 2.87. The van der Waals surface area contributed by atoms with Gasteiger partial charge in [-0.1, -0.05) is 40.9 Å². The molecule has 0 amide bonds. The molecule has 0 fully saturated rings. The summed E-state index contributed by atoms with van der Waals surface area (Å²) in [4.78, 5) is 11.7. The van der Waals surface area contributed by atoms with Crippen LogP contribution in [0.1, 0.15) is 29.7 Å². The second kappa shape index (κ2) is 9.63. The largest absolute Gasteiger partial charge is 0.462 e. The highest BCUT2D eigenvalue weighted by molar-refractivity contribution is 6.36. The van der Waals surface area contributed by atoms with Crippen LogP contribution in [0.2, 0.25) is 15.2 Å². The summed E-state index contributed by atoms with van der Waals surface area (Å²) in [6.07, 6.45) is 3.70. The maximum Gasteiger partial charge on any atom is 0.330 e. The molecule has 0 unspecified atom stereocenters. The normalized spacial score (nSPS) is 10.9. The molecule has 0 atom stereocenters. The molecule has 5 nitrogen and oxygen atoms in total. The van der Waals surface area contributed by atoms with E-state index in [0.717, 1.165) is 0 Å². The van der Waals surface area contributed by atoms with Crippen molar-refractivity contribution in [2.75, 3.05) is 6.61 Å². The number of carbonyl (C=O) groups excluding carboxylic acids is 1. The van der Waals surface area contributed by atoms with Crippen LogP contribution in [0.25, 0.3) is 6.08 Å². The molecule has 0 bridgehead atoms. The van der Waals surface area contributed by atoms with E-state index in [0.29, 0.717) is 51.4 Å². The maximum absolute atomic E-state index is 11.7. The number of halogens is 3. The number of hydrogen-bond acceptors (Lipinski definition) is 4. The Morgan fingerprint density at radius 2 is 2.04 bits per heavy atom. The molecule has 0 aliphatic heterocycles. The molecule has 0 aliphatic carbocycles. The van der Waals surface area contributed by atoms with Crippen LogP contribution in [0, 0.1) is 18.3 Å².